The van der Waals surface area contributed by atoms with Crippen molar-refractivity contribution in [2.75, 3.05) is 61.5 Å². The lowest BCUT2D eigenvalue weighted by Crippen LogP contribution is -2.59. The molecule has 1 saturated carbocycles. The molecule has 9 atom stereocenters. The van der Waals surface area contributed by atoms with Crippen LogP contribution >= 0.6 is 0 Å². The number of amides is 6. The van der Waals surface area contributed by atoms with Crippen LogP contribution in [0, 0.1) is 29.6 Å². The minimum atomic E-state index is -3.96. The predicted molar refractivity (Wildman–Crippen MR) is 267 cm³/mol. The van der Waals surface area contributed by atoms with Crippen LogP contribution in [0.15, 0.2) is 24.3 Å². The lowest BCUT2D eigenvalue weighted by atomic mass is 9.89. The number of sulfonamides is 1. The summed E-state index contributed by atoms with van der Waals surface area (Å²) in [5.74, 6) is -2.81. The van der Waals surface area contributed by atoms with E-state index in [-0.39, 0.29) is 54.1 Å². The maximum atomic E-state index is 14.5. The first-order valence-electron chi connectivity index (χ1n) is 25.2. The zero-order valence-corrected chi connectivity index (χ0v) is 44.6. The molecule has 1 aromatic carbocycles. The largest absolute Gasteiger partial charge is 0.415 e. The quantitative estimate of drug-likeness (QED) is 0.110. The van der Waals surface area contributed by atoms with Gasteiger partial charge in [0.2, 0.25) is 33.7 Å². The Morgan fingerprint density at radius 2 is 1.44 bits per heavy atom. The number of hydrogen-bond donors (Lipinski definition) is 4. The molecule has 0 aromatic heterocycles. The van der Waals surface area contributed by atoms with Crippen LogP contribution in [0.3, 0.4) is 0 Å². The van der Waals surface area contributed by atoms with Crippen LogP contribution in [0.25, 0.3) is 0 Å². The van der Waals surface area contributed by atoms with E-state index in [1.54, 1.807) is 52.9 Å². The van der Waals surface area contributed by atoms with Crippen molar-refractivity contribution in [1.82, 2.24) is 35.0 Å². The Hall–Kier alpha value is -4.37. The molecule has 1 aliphatic carbocycles. The van der Waals surface area contributed by atoms with Gasteiger partial charge in [0, 0.05) is 47.3 Å². The van der Waals surface area contributed by atoms with E-state index in [0.717, 1.165) is 12.8 Å². The molecule has 0 spiro atoms. The number of benzene rings is 1. The molecule has 2 saturated heterocycles. The predicted octanol–water partition coefficient (Wildman–Crippen LogP) is 3.14. The zero-order chi connectivity index (χ0) is 52.2. The molecule has 1 unspecified atom stereocenters. The maximum absolute atomic E-state index is 14.5. The SMILES string of the molecule is CC[C@H](C)[C@@H]([C@@H](CC(=O)N1CCC[C@H]1C(OC)[C@@H](C)C(=O)N[C@@H](Cc1ccc(OC(=O)N2CCC(CN)CC2)cc1)C(=O)NS(=O)(=O)C1CC1)OC)N(C)C(=O)[C@@H](NC(=O)[C@H](C(C)C)N(C)C)C(C)C. The van der Waals surface area contributed by atoms with Gasteiger partial charge in [-0.05, 0) is 101 Å². The zero-order valence-electron chi connectivity index (χ0n) is 43.8. The molecule has 3 fully saturated rings. The summed E-state index contributed by atoms with van der Waals surface area (Å²) in [4.78, 5) is 90.0. The van der Waals surface area contributed by atoms with Crippen molar-refractivity contribution in [3.05, 3.63) is 29.8 Å². The van der Waals surface area contributed by atoms with E-state index in [4.69, 9.17) is 19.9 Å². The highest BCUT2D eigenvalue weighted by atomic mass is 32.2. The number of carbonyl (C=O) groups excluding carboxylic acids is 6. The van der Waals surface area contributed by atoms with Gasteiger partial charge in [0.1, 0.15) is 17.8 Å². The summed E-state index contributed by atoms with van der Waals surface area (Å²) in [5, 5.41) is 5.13. The fraction of sp³-hybridized carbons (Fsp3) is 0.760. The summed E-state index contributed by atoms with van der Waals surface area (Å²) in [5.41, 5.74) is 6.36. The molecule has 2 heterocycles. The van der Waals surface area contributed by atoms with Crippen LogP contribution in [0.1, 0.15) is 105 Å². The molecule has 19 nitrogen and oxygen atoms in total. The van der Waals surface area contributed by atoms with Gasteiger partial charge < -0.3 is 45.3 Å². The van der Waals surface area contributed by atoms with Gasteiger partial charge in [-0.1, -0.05) is 67.0 Å². The van der Waals surface area contributed by atoms with Gasteiger partial charge in [-0.3, -0.25) is 33.6 Å². The third-order valence-electron chi connectivity index (χ3n) is 14.6. The standard InChI is InChI=1S/C50H84N8O11S/c1-13-32(6)44(56(10)49(63)42(30(2)3)53-48(62)43(31(4)5)55(8)9)40(67-11)28-41(59)58-24-14-15-39(58)45(68-12)33(7)46(60)52-38(47(61)54-70(65,66)37-20-21-37)27-34-16-18-36(19-17-34)69-50(64)57-25-22-35(29-51)23-26-57/h16-19,30-33,35,37-40,42-45H,13-15,20-29,51H2,1-12H3,(H,52,60)(H,53,62)(H,54,61)/t32-,33+,38-,39-,40+,42-,43-,44-,45?/m0/s1. The molecular formula is C50H84N8O11S. The number of ether oxygens (including phenoxy) is 3. The molecule has 20 heteroatoms. The minimum Gasteiger partial charge on any atom is -0.410 e. The van der Waals surface area contributed by atoms with Crippen molar-refractivity contribution in [3.8, 4) is 5.75 Å². The molecule has 2 aliphatic heterocycles. The smallest absolute Gasteiger partial charge is 0.410 e. The van der Waals surface area contributed by atoms with Crippen LogP contribution in [0.2, 0.25) is 0 Å². The van der Waals surface area contributed by atoms with Gasteiger partial charge in [0.05, 0.1) is 47.9 Å². The van der Waals surface area contributed by atoms with Gasteiger partial charge in [-0.25, -0.2) is 13.2 Å². The molecule has 0 bridgehead atoms. The van der Waals surface area contributed by atoms with Crippen LogP contribution in [-0.2, 0) is 49.9 Å². The lowest BCUT2D eigenvalue weighted by molar-refractivity contribution is -0.148. The second kappa shape index (κ2) is 26.4. The Kier molecular flexibility index (Phi) is 21.9. The fourth-order valence-electron chi connectivity index (χ4n) is 10.0. The van der Waals surface area contributed by atoms with E-state index in [1.165, 1.54) is 14.2 Å². The number of nitrogens with one attached hydrogen (secondary N) is 3. The van der Waals surface area contributed by atoms with Gasteiger partial charge in [-0.15, -0.1) is 0 Å². The van der Waals surface area contributed by atoms with E-state index in [0.29, 0.717) is 69.8 Å². The van der Waals surface area contributed by atoms with Gasteiger partial charge in [0.15, 0.2) is 0 Å². The summed E-state index contributed by atoms with van der Waals surface area (Å²) in [7, 11) is 4.37. The van der Waals surface area contributed by atoms with Crippen molar-refractivity contribution in [1.29, 1.82) is 0 Å². The molecule has 0 radical (unpaired) electrons. The Labute approximate surface area is 417 Å². The van der Waals surface area contributed by atoms with E-state index in [9.17, 15) is 37.2 Å². The van der Waals surface area contributed by atoms with Crippen molar-refractivity contribution in [2.24, 2.45) is 35.3 Å². The highest BCUT2D eigenvalue weighted by molar-refractivity contribution is 7.90. The molecule has 5 N–H and O–H groups in total. The number of piperidine rings is 1. The summed E-state index contributed by atoms with van der Waals surface area (Å²) < 4.78 is 45.7. The van der Waals surface area contributed by atoms with Crippen LogP contribution < -0.4 is 25.8 Å². The van der Waals surface area contributed by atoms with Gasteiger partial charge >= 0.3 is 6.09 Å². The number of carbonyl (C=O) groups is 6. The molecule has 4 rings (SSSR count). The molecule has 70 heavy (non-hydrogen) atoms. The van der Waals surface area contributed by atoms with E-state index < -0.39 is 81.5 Å². The van der Waals surface area contributed by atoms with E-state index in [1.807, 2.05) is 60.5 Å². The van der Waals surface area contributed by atoms with Crippen molar-refractivity contribution < 1.29 is 51.4 Å². The first-order valence-corrected chi connectivity index (χ1v) is 26.7. The normalized spacial score (nSPS) is 20.3. The lowest BCUT2D eigenvalue weighted by Gasteiger charge is -2.41. The van der Waals surface area contributed by atoms with Crippen LogP contribution in [-0.4, -0.2) is 173 Å². The Balaban J connectivity index is 1.49. The molecule has 396 valence electrons. The first kappa shape index (κ1) is 58.2. The maximum Gasteiger partial charge on any atom is 0.415 e. The number of nitrogens with zero attached hydrogens (tertiary/aromatic N) is 4. The molecule has 6 amide bonds. The summed E-state index contributed by atoms with van der Waals surface area (Å²) in [6.45, 7) is 15.4. The number of nitrogens with two attached hydrogens (primary N) is 1. The highest BCUT2D eigenvalue weighted by Crippen LogP contribution is 2.31. The Morgan fingerprint density at radius 3 is 1.96 bits per heavy atom. The van der Waals surface area contributed by atoms with Crippen molar-refractivity contribution in [3.63, 3.8) is 0 Å². The molecule has 3 aliphatic rings. The number of rotatable bonds is 25. The highest BCUT2D eigenvalue weighted by Gasteiger charge is 2.44. The number of methoxy groups -OCH3 is 2. The molecular weight excluding hydrogens is 921 g/mol. The Morgan fingerprint density at radius 1 is 0.814 bits per heavy atom. The first-order chi connectivity index (χ1) is 33.0. The average molecular weight is 1010 g/mol. The third kappa shape index (κ3) is 15.3. The summed E-state index contributed by atoms with van der Waals surface area (Å²) in [6, 6.07) is 2.82. The van der Waals surface area contributed by atoms with E-state index >= 15 is 0 Å². The minimum absolute atomic E-state index is 0.00412. The fourth-order valence-corrected chi connectivity index (χ4v) is 11.4. The second-order valence-electron chi connectivity index (χ2n) is 20.6. The monoisotopic (exact) mass is 1000 g/mol. The number of likely N-dealkylation sites (N-methyl/N-ethyl adjacent to an activating group) is 2. The van der Waals surface area contributed by atoms with Crippen LogP contribution in [0.5, 0.6) is 5.75 Å². The van der Waals surface area contributed by atoms with Crippen molar-refractivity contribution in [2.45, 2.75) is 154 Å². The van der Waals surface area contributed by atoms with E-state index in [2.05, 4.69) is 15.4 Å². The topological polar surface area (TPSA) is 239 Å². The van der Waals surface area contributed by atoms with Gasteiger partial charge in [0.25, 0.3) is 5.91 Å². The number of likely N-dealkylation sites (tertiary alicyclic amines) is 2. The second-order valence-corrected chi connectivity index (χ2v) is 22.6. The van der Waals surface area contributed by atoms with Gasteiger partial charge in [-0.2, -0.15) is 0 Å². The van der Waals surface area contributed by atoms with Crippen LogP contribution in [0.4, 0.5) is 4.79 Å². The Bertz CT molecular complexity index is 2020. The summed E-state index contributed by atoms with van der Waals surface area (Å²) >= 11 is 0. The average Bonchev–Trinajstić information content (AvgIpc) is 4.08. The van der Waals surface area contributed by atoms with Crippen molar-refractivity contribution >= 4 is 45.7 Å². The molecule has 1 aromatic rings. The third-order valence-corrected chi connectivity index (χ3v) is 16.4. The number of hydrogen-bond acceptors (Lipinski definition) is 13. The summed E-state index contributed by atoms with van der Waals surface area (Å²) in [6.07, 6.45) is 2.13.